The van der Waals surface area contributed by atoms with Gasteiger partial charge in [-0.3, -0.25) is 4.79 Å². The van der Waals surface area contributed by atoms with Crippen molar-refractivity contribution in [2.45, 2.75) is 6.92 Å². The van der Waals surface area contributed by atoms with Crippen molar-refractivity contribution >= 4 is 5.91 Å². The van der Waals surface area contributed by atoms with Crippen LogP contribution in [0.2, 0.25) is 0 Å². The van der Waals surface area contributed by atoms with Crippen molar-refractivity contribution in [1.29, 1.82) is 0 Å². The van der Waals surface area contributed by atoms with Crippen LogP contribution in [0, 0.1) is 23.7 Å². The predicted octanol–water partition coefficient (Wildman–Crippen LogP) is -0.311. The lowest BCUT2D eigenvalue weighted by atomic mass is 9.97. The number of hydrogen-bond acceptors (Lipinski definition) is 3. The molecule has 0 aromatic heterocycles. The third kappa shape index (κ3) is 2.95. The van der Waals surface area contributed by atoms with E-state index < -0.39 is 0 Å². The Morgan fingerprint density at radius 3 is 2.73 bits per heavy atom. The number of carbonyl (C=O) groups is 1. The summed E-state index contributed by atoms with van der Waals surface area (Å²) in [4.78, 5) is 13.3. The second kappa shape index (κ2) is 5.74. The smallest absolute Gasteiger partial charge is 0.298 e. The van der Waals surface area contributed by atoms with Crippen LogP contribution in [0.25, 0.3) is 0 Å². The molecule has 1 aliphatic heterocycles. The van der Waals surface area contributed by atoms with E-state index in [-0.39, 0.29) is 5.91 Å². The van der Waals surface area contributed by atoms with Gasteiger partial charge in [-0.1, -0.05) is 5.92 Å². The van der Waals surface area contributed by atoms with E-state index in [4.69, 9.17) is 10.5 Å². The summed E-state index contributed by atoms with van der Waals surface area (Å²) in [5.41, 5.74) is 5.66. The molecule has 0 aliphatic carbocycles. The molecule has 2 N–H and O–H groups in total. The molecule has 0 radical (unpaired) electrons. The highest BCUT2D eigenvalue weighted by molar-refractivity contribution is 5.93. The maximum Gasteiger partial charge on any atom is 0.298 e. The van der Waals surface area contributed by atoms with Crippen LogP contribution in [-0.4, -0.2) is 44.2 Å². The summed E-state index contributed by atoms with van der Waals surface area (Å²) in [5, 5.41) is 0. The summed E-state index contributed by atoms with van der Waals surface area (Å²) in [6.45, 7) is 4.34. The maximum absolute atomic E-state index is 11.5. The van der Waals surface area contributed by atoms with Crippen LogP contribution >= 0.6 is 0 Å². The van der Waals surface area contributed by atoms with Crippen molar-refractivity contribution in [3.05, 3.63) is 0 Å². The maximum atomic E-state index is 11.5. The van der Waals surface area contributed by atoms with E-state index in [9.17, 15) is 4.79 Å². The van der Waals surface area contributed by atoms with Crippen LogP contribution < -0.4 is 5.73 Å². The van der Waals surface area contributed by atoms with Gasteiger partial charge in [0.15, 0.2) is 0 Å². The van der Waals surface area contributed by atoms with Crippen LogP contribution in [0.3, 0.4) is 0 Å². The lowest BCUT2D eigenvalue weighted by molar-refractivity contribution is -0.124. The zero-order valence-corrected chi connectivity index (χ0v) is 9.32. The third-order valence-electron chi connectivity index (χ3n) is 2.78. The molecule has 4 heteroatoms. The summed E-state index contributed by atoms with van der Waals surface area (Å²) in [6, 6.07) is 0. The van der Waals surface area contributed by atoms with Crippen LogP contribution in [-0.2, 0) is 9.53 Å². The van der Waals surface area contributed by atoms with E-state index in [0.29, 0.717) is 38.1 Å². The molecule has 1 heterocycles. The van der Waals surface area contributed by atoms with Gasteiger partial charge in [0.05, 0.1) is 6.61 Å². The van der Waals surface area contributed by atoms with Gasteiger partial charge in [-0.05, 0) is 25.3 Å². The fraction of sp³-hybridized carbons (Fsp3) is 0.727. The van der Waals surface area contributed by atoms with Crippen molar-refractivity contribution in [2.24, 2.45) is 17.6 Å². The van der Waals surface area contributed by atoms with Gasteiger partial charge in [-0.25, -0.2) is 0 Å². The van der Waals surface area contributed by atoms with E-state index in [1.807, 2.05) is 0 Å². The Morgan fingerprint density at radius 1 is 1.53 bits per heavy atom. The first kappa shape index (κ1) is 12.0. The molecule has 0 unspecified atom stereocenters. The van der Waals surface area contributed by atoms with Gasteiger partial charge in [0, 0.05) is 26.1 Å². The fourth-order valence-corrected chi connectivity index (χ4v) is 1.96. The van der Waals surface area contributed by atoms with Gasteiger partial charge in [0.1, 0.15) is 0 Å². The average molecular weight is 210 g/mol. The number of methoxy groups -OCH3 is 1. The zero-order valence-electron chi connectivity index (χ0n) is 9.32. The minimum absolute atomic E-state index is 0.102. The Bertz CT molecular complexity index is 280. The first-order valence-corrected chi connectivity index (χ1v) is 5.13. The van der Waals surface area contributed by atoms with E-state index >= 15 is 0 Å². The molecule has 0 saturated carbocycles. The first-order chi connectivity index (χ1) is 7.22. The molecule has 84 valence electrons. The summed E-state index contributed by atoms with van der Waals surface area (Å²) < 4.78 is 5.12. The molecule has 0 aromatic rings. The van der Waals surface area contributed by atoms with Crippen molar-refractivity contribution in [3.8, 4) is 11.8 Å². The van der Waals surface area contributed by atoms with Gasteiger partial charge in [0.25, 0.3) is 5.91 Å². The number of hydrogen-bond donors (Lipinski definition) is 1. The van der Waals surface area contributed by atoms with Gasteiger partial charge >= 0.3 is 0 Å². The Labute approximate surface area is 90.8 Å². The molecule has 0 spiro atoms. The summed E-state index contributed by atoms with van der Waals surface area (Å²) >= 11 is 0. The minimum atomic E-state index is -0.102. The molecule has 0 bridgehead atoms. The van der Waals surface area contributed by atoms with Crippen LogP contribution in [0.5, 0.6) is 0 Å². The van der Waals surface area contributed by atoms with E-state index in [0.717, 1.165) is 0 Å². The van der Waals surface area contributed by atoms with Gasteiger partial charge in [0.2, 0.25) is 0 Å². The number of nitrogens with zero attached hydrogens (tertiary/aromatic N) is 1. The zero-order chi connectivity index (χ0) is 11.3. The van der Waals surface area contributed by atoms with Gasteiger partial charge < -0.3 is 15.4 Å². The summed E-state index contributed by atoms with van der Waals surface area (Å²) in [7, 11) is 1.67. The lowest BCUT2D eigenvalue weighted by Crippen LogP contribution is -2.28. The molecule has 1 rings (SSSR count). The van der Waals surface area contributed by atoms with Crippen molar-refractivity contribution in [2.75, 3.05) is 33.4 Å². The first-order valence-electron chi connectivity index (χ1n) is 5.13. The number of likely N-dealkylation sites (tertiary alicyclic amines) is 1. The van der Waals surface area contributed by atoms with Gasteiger partial charge in [-0.2, -0.15) is 0 Å². The molecular weight excluding hydrogens is 192 g/mol. The van der Waals surface area contributed by atoms with Crippen LogP contribution in [0.15, 0.2) is 0 Å². The second-order valence-corrected chi connectivity index (χ2v) is 3.80. The summed E-state index contributed by atoms with van der Waals surface area (Å²) in [5.74, 6) is 5.76. The molecule has 15 heavy (non-hydrogen) atoms. The average Bonchev–Trinajstić information content (AvgIpc) is 2.62. The Morgan fingerprint density at radius 2 is 2.20 bits per heavy atom. The van der Waals surface area contributed by atoms with Crippen molar-refractivity contribution in [3.63, 3.8) is 0 Å². The molecule has 1 amide bonds. The highest BCUT2D eigenvalue weighted by Gasteiger charge is 2.33. The topological polar surface area (TPSA) is 55.6 Å². The second-order valence-electron chi connectivity index (χ2n) is 3.80. The predicted molar refractivity (Wildman–Crippen MR) is 57.9 cm³/mol. The van der Waals surface area contributed by atoms with Crippen molar-refractivity contribution in [1.82, 2.24) is 4.90 Å². The molecule has 2 atom stereocenters. The molecule has 1 saturated heterocycles. The minimum Gasteiger partial charge on any atom is -0.384 e. The van der Waals surface area contributed by atoms with E-state index in [2.05, 4.69) is 11.8 Å². The fourth-order valence-electron chi connectivity index (χ4n) is 1.96. The number of nitrogens with two attached hydrogens (primary N) is 1. The highest BCUT2D eigenvalue weighted by atomic mass is 16.5. The lowest BCUT2D eigenvalue weighted by Gasteiger charge is -2.13. The number of carbonyl (C=O) groups excluding carboxylic acids is 1. The Balaban J connectivity index is 2.58. The molecule has 4 nitrogen and oxygen atoms in total. The number of rotatable bonds is 3. The van der Waals surface area contributed by atoms with Gasteiger partial charge in [-0.15, -0.1) is 0 Å². The molecule has 1 aliphatic rings. The standard InChI is InChI=1S/C11H18N2O2/c1-3-4-11(14)13-6-9(5-12)10(7-13)8-15-2/h9-10H,5-8,12H2,1-2H3/t9-,10-/m0/s1. The largest absolute Gasteiger partial charge is 0.384 e. The quantitative estimate of drug-likeness (QED) is 0.650. The van der Waals surface area contributed by atoms with E-state index in [1.54, 1.807) is 18.9 Å². The Hall–Kier alpha value is -1.05. The van der Waals surface area contributed by atoms with Crippen LogP contribution in [0.1, 0.15) is 6.92 Å². The number of amides is 1. The third-order valence-corrected chi connectivity index (χ3v) is 2.78. The normalized spacial score (nSPS) is 24.9. The molecular formula is C11H18N2O2. The molecule has 1 fully saturated rings. The SMILES string of the molecule is CC#CC(=O)N1C[C@@H](COC)[C@@H](CN)C1. The summed E-state index contributed by atoms with van der Waals surface area (Å²) in [6.07, 6.45) is 0. The van der Waals surface area contributed by atoms with Crippen molar-refractivity contribution < 1.29 is 9.53 Å². The number of ether oxygens (including phenoxy) is 1. The van der Waals surface area contributed by atoms with Crippen LogP contribution in [0.4, 0.5) is 0 Å². The Kier molecular flexibility index (Phi) is 4.60. The highest BCUT2D eigenvalue weighted by Crippen LogP contribution is 2.22. The van der Waals surface area contributed by atoms with E-state index in [1.165, 1.54) is 0 Å². The molecule has 0 aromatic carbocycles. The monoisotopic (exact) mass is 210 g/mol.